The number of carbonyl (C=O) groups excluding carboxylic acids is 1. The van der Waals surface area contributed by atoms with E-state index in [1.165, 1.54) is 0 Å². The van der Waals surface area contributed by atoms with Crippen molar-refractivity contribution in [3.8, 4) is 0 Å². The van der Waals surface area contributed by atoms with Gasteiger partial charge in [0.2, 0.25) is 0 Å². The van der Waals surface area contributed by atoms with Crippen molar-refractivity contribution < 1.29 is 13.9 Å². The maximum atomic E-state index is 14.0. The van der Waals surface area contributed by atoms with Crippen LogP contribution in [0, 0.1) is 6.92 Å². The molecule has 1 aromatic heterocycles. The smallest absolute Gasteiger partial charge is 0.410 e. The molecule has 24 heavy (non-hydrogen) atoms. The van der Waals surface area contributed by atoms with Crippen LogP contribution >= 0.6 is 0 Å². The Labute approximate surface area is 142 Å². The Bertz CT molecular complexity index is 747. The highest BCUT2D eigenvalue weighted by atomic mass is 19.1. The summed E-state index contributed by atoms with van der Waals surface area (Å²) in [6.07, 6.45) is -0.425. The lowest BCUT2D eigenvalue weighted by atomic mass is 10.0. The fourth-order valence-electron chi connectivity index (χ4n) is 3.43. The molecule has 3 rings (SSSR count). The van der Waals surface area contributed by atoms with Crippen LogP contribution in [-0.4, -0.2) is 40.3 Å². The molecule has 2 aromatic rings. The highest BCUT2D eigenvalue weighted by molar-refractivity contribution is 5.84. The fourth-order valence-corrected chi connectivity index (χ4v) is 3.43. The number of benzene rings is 1. The zero-order chi connectivity index (χ0) is 17.5. The van der Waals surface area contributed by atoms with E-state index in [-0.39, 0.29) is 12.6 Å². The van der Waals surface area contributed by atoms with Crippen molar-refractivity contribution in [2.24, 2.45) is 0 Å². The zero-order valence-corrected chi connectivity index (χ0v) is 14.7. The van der Waals surface area contributed by atoms with Crippen molar-refractivity contribution in [2.75, 3.05) is 6.54 Å². The standard InChI is InChI=1S/C19H25FN2O2/c1-12-16(15-7-5-6-8-17(15)21-12)10-14-9-13(20)11-22(14)18(23)24-19(2,3)4/h5-8,13-14,21H,9-11H2,1-4H3. The van der Waals surface area contributed by atoms with Crippen LogP contribution in [-0.2, 0) is 11.2 Å². The van der Waals surface area contributed by atoms with Gasteiger partial charge in [0.25, 0.3) is 0 Å². The van der Waals surface area contributed by atoms with Gasteiger partial charge in [0, 0.05) is 29.1 Å². The van der Waals surface area contributed by atoms with E-state index in [9.17, 15) is 9.18 Å². The molecule has 130 valence electrons. The summed E-state index contributed by atoms with van der Waals surface area (Å²) in [5.41, 5.74) is 2.72. The van der Waals surface area contributed by atoms with Gasteiger partial charge < -0.3 is 14.6 Å². The lowest BCUT2D eigenvalue weighted by Gasteiger charge is -2.28. The number of ether oxygens (including phenoxy) is 1. The van der Waals surface area contributed by atoms with Crippen molar-refractivity contribution in [1.82, 2.24) is 9.88 Å². The van der Waals surface area contributed by atoms with E-state index in [4.69, 9.17) is 4.74 Å². The maximum absolute atomic E-state index is 14.0. The normalized spacial score (nSPS) is 21.5. The van der Waals surface area contributed by atoms with Gasteiger partial charge in [0.05, 0.1) is 6.54 Å². The lowest BCUT2D eigenvalue weighted by Crippen LogP contribution is -2.41. The van der Waals surface area contributed by atoms with E-state index in [1.807, 2.05) is 45.9 Å². The van der Waals surface area contributed by atoms with E-state index in [0.29, 0.717) is 12.8 Å². The molecule has 2 unspecified atom stereocenters. The van der Waals surface area contributed by atoms with E-state index in [2.05, 4.69) is 11.1 Å². The number of nitrogens with one attached hydrogen (secondary N) is 1. The molecule has 1 amide bonds. The molecule has 0 radical (unpaired) electrons. The van der Waals surface area contributed by atoms with Crippen molar-refractivity contribution in [3.63, 3.8) is 0 Å². The Morgan fingerprint density at radius 2 is 2.08 bits per heavy atom. The monoisotopic (exact) mass is 332 g/mol. The number of nitrogens with zero attached hydrogens (tertiary/aromatic N) is 1. The summed E-state index contributed by atoms with van der Waals surface area (Å²) in [5.74, 6) is 0. The van der Waals surface area contributed by atoms with Gasteiger partial charge in [-0.3, -0.25) is 0 Å². The Morgan fingerprint density at radius 3 is 2.79 bits per heavy atom. The van der Waals surface area contributed by atoms with Gasteiger partial charge in [0.15, 0.2) is 0 Å². The molecule has 0 spiro atoms. The SMILES string of the molecule is Cc1[nH]c2ccccc2c1CC1CC(F)CN1C(=O)OC(C)(C)C. The van der Waals surface area contributed by atoms with Gasteiger partial charge in [-0.15, -0.1) is 0 Å². The number of para-hydroxylation sites is 1. The molecule has 4 nitrogen and oxygen atoms in total. The van der Waals surface area contributed by atoms with Crippen molar-refractivity contribution >= 4 is 17.0 Å². The van der Waals surface area contributed by atoms with Gasteiger partial charge >= 0.3 is 6.09 Å². The number of carbonyl (C=O) groups is 1. The molecular formula is C19H25FN2O2. The summed E-state index contributed by atoms with van der Waals surface area (Å²) < 4.78 is 19.5. The number of alkyl halides is 1. The van der Waals surface area contributed by atoms with Gasteiger partial charge in [-0.2, -0.15) is 0 Å². The molecule has 2 atom stereocenters. The fraction of sp³-hybridized carbons (Fsp3) is 0.526. The number of rotatable bonds is 2. The topological polar surface area (TPSA) is 45.3 Å². The summed E-state index contributed by atoms with van der Waals surface area (Å²) >= 11 is 0. The largest absolute Gasteiger partial charge is 0.444 e. The third-order valence-corrected chi connectivity index (χ3v) is 4.46. The first-order valence-corrected chi connectivity index (χ1v) is 8.44. The van der Waals surface area contributed by atoms with Gasteiger partial charge in [-0.1, -0.05) is 18.2 Å². The maximum Gasteiger partial charge on any atom is 0.410 e. The van der Waals surface area contributed by atoms with Crippen LogP contribution in [0.4, 0.5) is 9.18 Å². The molecule has 2 heterocycles. The minimum absolute atomic E-state index is 0.112. The number of H-pyrrole nitrogens is 1. The van der Waals surface area contributed by atoms with Crippen LogP contribution in [0.15, 0.2) is 24.3 Å². The predicted octanol–water partition coefficient (Wildman–Crippen LogP) is 4.37. The number of aromatic amines is 1. The van der Waals surface area contributed by atoms with E-state index >= 15 is 0 Å². The van der Waals surface area contributed by atoms with Crippen LogP contribution < -0.4 is 0 Å². The minimum atomic E-state index is -0.993. The number of aryl methyl sites for hydroxylation is 1. The molecule has 0 saturated carbocycles. The number of amides is 1. The Hall–Kier alpha value is -2.04. The van der Waals surface area contributed by atoms with Crippen LogP contribution in [0.5, 0.6) is 0 Å². The third-order valence-electron chi connectivity index (χ3n) is 4.46. The van der Waals surface area contributed by atoms with Gasteiger partial charge in [-0.25, -0.2) is 9.18 Å². The molecule has 0 aliphatic carbocycles. The van der Waals surface area contributed by atoms with Crippen molar-refractivity contribution in [3.05, 3.63) is 35.5 Å². The Kier molecular flexibility index (Phi) is 4.28. The average molecular weight is 332 g/mol. The van der Waals surface area contributed by atoms with E-state index < -0.39 is 17.9 Å². The van der Waals surface area contributed by atoms with Crippen LogP contribution in [0.1, 0.15) is 38.4 Å². The van der Waals surface area contributed by atoms with Gasteiger partial charge in [0.1, 0.15) is 11.8 Å². The number of likely N-dealkylation sites (tertiary alicyclic amines) is 1. The molecule has 1 aromatic carbocycles. The second kappa shape index (κ2) is 6.11. The molecule has 1 aliphatic heterocycles. The third kappa shape index (κ3) is 3.40. The summed E-state index contributed by atoms with van der Waals surface area (Å²) in [7, 11) is 0. The Balaban J connectivity index is 1.84. The predicted molar refractivity (Wildman–Crippen MR) is 93.0 cm³/mol. The van der Waals surface area contributed by atoms with E-state index in [1.54, 1.807) is 4.90 Å². The van der Waals surface area contributed by atoms with Crippen LogP contribution in [0.3, 0.4) is 0 Å². The van der Waals surface area contributed by atoms with Crippen molar-refractivity contribution in [1.29, 1.82) is 0 Å². The molecule has 5 heteroatoms. The second-order valence-electron chi connectivity index (χ2n) is 7.60. The van der Waals surface area contributed by atoms with Crippen molar-refractivity contribution in [2.45, 2.75) is 58.4 Å². The number of aromatic nitrogens is 1. The number of halogens is 1. The molecule has 1 saturated heterocycles. The van der Waals surface area contributed by atoms with Crippen LogP contribution in [0.2, 0.25) is 0 Å². The molecule has 1 fully saturated rings. The summed E-state index contributed by atoms with van der Waals surface area (Å²) in [4.78, 5) is 17.3. The van der Waals surface area contributed by atoms with Crippen LogP contribution in [0.25, 0.3) is 10.9 Å². The highest BCUT2D eigenvalue weighted by Crippen LogP contribution is 2.30. The first kappa shape index (κ1) is 16.8. The highest BCUT2D eigenvalue weighted by Gasteiger charge is 2.38. The summed E-state index contributed by atoms with van der Waals surface area (Å²) in [6.45, 7) is 7.61. The number of fused-ring (bicyclic) bond motifs is 1. The van der Waals surface area contributed by atoms with Gasteiger partial charge in [-0.05, 0) is 45.7 Å². The Morgan fingerprint density at radius 1 is 1.38 bits per heavy atom. The summed E-state index contributed by atoms with van der Waals surface area (Å²) in [5, 5.41) is 1.14. The van der Waals surface area contributed by atoms with E-state index in [0.717, 1.165) is 22.2 Å². The average Bonchev–Trinajstić information content (AvgIpc) is 2.99. The summed E-state index contributed by atoms with van der Waals surface area (Å²) in [6, 6.07) is 7.91. The first-order chi connectivity index (χ1) is 11.2. The molecular weight excluding hydrogens is 307 g/mol. The molecule has 1 aliphatic rings. The second-order valence-corrected chi connectivity index (χ2v) is 7.60. The first-order valence-electron chi connectivity index (χ1n) is 8.44. The quantitative estimate of drug-likeness (QED) is 0.888. The number of hydrogen-bond acceptors (Lipinski definition) is 2. The zero-order valence-electron chi connectivity index (χ0n) is 14.7. The number of hydrogen-bond donors (Lipinski definition) is 1. The minimum Gasteiger partial charge on any atom is -0.444 e. The molecule has 1 N–H and O–H groups in total. The molecule has 0 bridgehead atoms. The lowest BCUT2D eigenvalue weighted by molar-refractivity contribution is 0.0219.